The minimum Gasteiger partial charge on any atom is -0.507 e. The van der Waals surface area contributed by atoms with E-state index in [0.717, 1.165) is 24.0 Å². The number of aromatic hydroxyl groups is 1. The van der Waals surface area contributed by atoms with Gasteiger partial charge in [0.25, 0.3) is 0 Å². The van der Waals surface area contributed by atoms with Crippen LogP contribution in [-0.4, -0.2) is 17.7 Å². The lowest BCUT2D eigenvalue weighted by molar-refractivity contribution is -0.143. The van der Waals surface area contributed by atoms with E-state index in [1.165, 1.54) is 89.0 Å². The van der Waals surface area contributed by atoms with Gasteiger partial charge in [-0.25, -0.2) is 0 Å². The number of unbranched alkanes of at least 4 members (excludes halogenated alkanes) is 12. The van der Waals surface area contributed by atoms with E-state index in [-0.39, 0.29) is 11.4 Å². The van der Waals surface area contributed by atoms with Gasteiger partial charge in [-0.2, -0.15) is 0 Å². The van der Waals surface area contributed by atoms with Crippen molar-refractivity contribution >= 4 is 5.97 Å². The van der Waals surface area contributed by atoms with Crippen molar-refractivity contribution in [1.82, 2.24) is 0 Å². The van der Waals surface area contributed by atoms with Gasteiger partial charge in [0.15, 0.2) is 0 Å². The highest BCUT2D eigenvalue weighted by molar-refractivity contribution is 5.68. The van der Waals surface area contributed by atoms with Gasteiger partial charge in [-0.3, -0.25) is 4.79 Å². The summed E-state index contributed by atoms with van der Waals surface area (Å²) in [5, 5.41) is 10.6. The summed E-state index contributed by atoms with van der Waals surface area (Å²) in [4.78, 5) is 11.6. The first-order chi connectivity index (χ1) is 16.7. The fraction of sp³-hybridized carbons (Fsp3) is 0.781. The second kappa shape index (κ2) is 17.8. The molecule has 1 atom stereocenters. The Labute approximate surface area is 217 Å². The number of benzene rings is 1. The van der Waals surface area contributed by atoms with Crippen LogP contribution in [0.5, 0.6) is 5.75 Å². The standard InChI is InChI=1S/C32H56O3/c1-7-9-10-11-12-13-14-15-16-17-18-19-20-21-27(22-23-35-30(33)8-2)28-24-26(3)31(34)29(25-28)32(4,5)6/h24-25,27,34H,7-23H2,1-6H3. The normalized spacial score (nSPS) is 12.6. The number of hydrogen-bond acceptors (Lipinski definition) is 3. The van der Waals surface area contributed by atoms with Crippen molar-refractivity contribution in [3.8, 4) is 5.75 Å². The number of phenolic OH excluding ortho intramolecular Hbond substituents is 1. The lowest BCUT2D eigenvalue weighted by Gasteiger charge is -2.25. The molecule has 0 aliphatic rings. The maximum atomic E-state index is 11.6. The minimum absolute atomic E-state index is 0.112. The topological polar surface area (TPSA) is 46.5 Å². The molecule has 1 aromatic carbocycles. The van der Waals surface area contributed by atoms with Crippen molar-refractivity contribution in [2.24, 2.45) is 0 Å². The molecular formula is C32H56O3. The van der Waals surface area contributed by atoms with E-state index in [4.69, 9.17) is 4.74 Å². The van der Waals surface area contributed by atoms with E-state index >= 15 is 0 Å². The molecule has 0 radical (unpaired) electrons. The van der Waals surface area contributed by atoms with Gasteiger partial charge in [0.2, 0.25) is 0 Å². The molecule has 0 aliphatic heterocycles. The van der Waals surface area contributed by atoms with E-state index in [1.54, 1.807) is 0 Å². The van der Waals surface area contributed by atoms with Crippen molar-refractivity contribution in [3.05, 3.63) is 28.8 Å². The van der Waals surface area contributed by atoms with Gasteiger partial charge in [-0.05, 0) is 47.8 Å². The maximum Gasteiger partial charge on any atom is 0.305 e. The van der Waals surface area contributed by atoms with Gasteiger partial charge in [-0.15, -0.1) is 0 Å². The van der Waals surface area contributed by atoms with Gasteiger partial charge in [-0.1, -0.05) is 130 Å². The third-order valence-corrected chi connectivity index (χ3v) is 7.28. The second-order valence-electron chi connectivity index (χ2n) is 11.6. The summed E-state index contributed by atoms with van der Waals surface area (Å²) in [5.41, 5.74) is 3.11. The predicted octanol–water partition coefficient (Wildman–Crippen LogP) is 9.91. The highest BCUT2D eigenvalue weighted by atomic mass is 16.5. The van der Waals surface area contributed by atoms with Gasteiger partial charge >= 0.3 is 5.97 Å². The lowest BCUT2D eigenvalue weighted by Crippen LogP contribution is -2.14. The molecule has 1 N–H and O–H groups in total. The van der Waals surface area contributed by atoms with Crippen LogP contribution in [0.1, 0.15) is 160 Å². The molecule has 0 amide bonds. The van der Waals surface area contributed by atoms with Gasteiger partial charge in [0.05, 0.1) is 6.61 Å². The van der Waals surface area contributed by atoms with Crippen molar-refractivity contribution in [2.45, 2.75) is 156 Å². The first kappa shape index (κ1) is 31.5. The van der Waals surface area contributed by atoms with Crippen molar-refractivity contribution < 1.29 is 14.6 Å². The predicted molar refractivity (Wildman–Crippen MR) is 150 cm³/mol. The lowest BCUT2D eigenvalue weighted by atomic mass is 9.81. The largest absolute Gasteiger partial charge is 0.507 e. The van der Waals surface area contributed by atoms with Crippen LogP contribution in [-0.2, 0) is 14.9 Å². The summed E-state index contributed by atoms with van der Waals surface area (Å²) in [5.74, 6) is 0.646. The molecule has 1 unspecified atom stereocenters. The Bertz CT molecular complexity index is 701. The summed E-state index contributed by atoms with van der Waals surface area (Å²) in [7, 11) is 0. The van der Waals surface area contributed by atoms with E-state index in [2.05, 4.69) is 39.8 Å². The van der Waals surface area contributed by atoms with E-state index in [9.17, 15) is 9.90 Å². The number of ether oxygens (including phenoxy) is 1. The number of phenols is 1. The van der Waals surface area contributed by atoms with E-state index in [1.807, 2.05) is 13.8 Å². The Balaban J connectivity index is 2.50. The van der Waals surface area contributed by atoms with Crippen LogP contribution in [0.3, 0.4) is 0 Å². The van der Waals surface area contributed by atoms with Crippen molar-refractivity contribution in [1.29, 1.82) is 0 Å². The molecule has 0 spiro atoms. The molecule has 0 fully saturated rings. The maximum absolute atomic E-state index is 11.6. The summed E-state index contributed by atoms with van der Waals surface area (Å²) in [6.07, 6.45) is 20.1. The molecule has 1 aromatic rings. The Morgan fingerprint density at radius 1 is 0.829 bits per heavy atom. The van der Waals surface area contributed by atoms with Crippen LogP contribution >= 0.6 is 0 Å². The number of carbonyl (C=O) groups is 1. The van der Waals surface area contributed by atoms with Crippen LogP contribution < -0.4 is 0 Å². The molecule has 1 rings (SSSR count). The van der Waals surface area contributed by atoms with E-state index in [0.29, 0.717) is 24.7 Å². The molecule has 0 saturated heterocycles. The number of esters is 1. The Morgan fingerprint density at radius 2 is 1.34 bits per heavy atom. The minimum atomic E-state index is -0.123. The summed E-state index contributed by atoms with van der Waals surface area (Å²) in [6, 6.07) is 4.33. The van der Waals surface area contributed by atoms with Crippen LogP contribution in [0.25, 0.3) is 0 Å². The monoisotopic (exact) mass is 488 g/mol. The van der Waals surface area contributed by atoms with Crippen molar-refractivity contribution in [3.63, 3.8) is 0 Å². The van der Waals surface area contributed by atoms with Crippen LogP contribution in [0.4, 0.5) is 0 Å². The third-order valence-electron chi connectivity index (χ3n) is 7.28. The zero-order valence-electron chi connectivity index (χ0n) is 24.0. The van der Waals surface area contributed by atoms with Crippen LogP contribution in [0.2, 0.25) is 0 Å². The molecule has 0 heterocycles. The SMILES string of the molecule is CCCCCCCCCCCCCCCC(CCOC(=O)CC)c1cc(C)c(O)c(C(C)(C)C)c1. The Kier molecular flexibility index (Phi) is 16.1. The Hall–Kier alpha value is -1.51. The first-order valence-corrected chi connectivity index (χ1v) is 14.7. The number of carbonyl (C=O) groups excluding carboxylic acids is 1. The highest BCUT2D eigenvalue weighted by Gasteiger charge is 2.23. The molecule has 3 heteroatoms. The smallest absolute Gasteiger partial charge is 0.305 e. The van der Waals surface area contributed by atoms with Crippen molar-refractivity contribution in [2.75, 3.05) is 6.61 Å². The summed E-state index contributed by atoms with van der Waals surface area (Å²) in [6.45, 7) is 13.0. The molecule has 0 bridgehead atoms. The molecule has 0 aliphatic carbocycles. The fourth-order valence-electron chi connectivity index (χ4n) is 4.92. The quantitative estimate of drug-likeness (QED) is 0.156. The summed E-state index contributed by atoms with van der Waals surface area (Å²) < 4.78 is 5.43. The van der Waals surface area contributed by atoms with Crippen LogP contribution in [0, 0.1) is 6.92 Å². The van der Waals surface area contributed by atoms with Gasteiger partial charge < -0.3 is 9.84 Å². The molecular weight excluding hydrogens is 432 g/mol. The fourth-order valence-corrected chi connectivity index (χ4v) is 4.92. The van der Waals surface area contributed by atoms with Gasteiger partial charge in [0.1, 0.15) is 5.75 Å². The number of rotatable bonds is 19. The highest BCUT2D eigenvalue weighted by Crippen LogP contribution is 2.38. The zero-order valence-corrected chi connectivity index (χ0v) is 24.0. The zero-order chi connectivity index (χ0) is 26.1. The molecule has 35 heavy (non-hydrogen) atoms. The number of aryl methyl sites for hydroxylation is 1. The second-order valence-corrected chi connectivity index (χ2v) is 11.6. The summed E-state index contributed by atoms with van der Waals surface area (Å²) >= 11 is 0. The molecule has 0 saturated carbocycles. The van der Waals surface area contributed by atoms with E-state index < -0.39 is 0 Å². The van der Waals surface area contributed by atoms with Crippen LogP contribution in [0.15, 0.2) is 12.1 Å². The molecule has 3 nitrogen and oxygen atoms in total. The van der Waals surface area contributed by atoms with Gasteiger partial charge in [0, 0.05) is 6.42 Å². The average Bonchev–Trinajstić information content (AvgIpc) is 2.81. The molecule has 0 aromatic heterocycles. The molecule has 202 valence electrons. The average molecular weight is 489 g/mol. The number of hydrogen-bond donors (Lipinski definition) is 1. The Morgan fingerprint density at radius 3 is 1.83 bits per heavy atom. The third kappa shape index (κ3) is 13.4. The first-order valence-electron chi connectivity index (χ1n) is 14.7.